The van der Waals surface area contributed by atoms with Crippen molar-refractivity contribution in [3.63, 3.8) is 0 Å². The largest absolute Gasteiger partial charge is 0.495 e. The molecular weight excluding hydrogens is 318 g/mol. The van der Waals surface area contributed by atoms with Gasteiger partial charge < -0.3 is 19.5 Å². The van der Waals surface area contributed by atoms with Gasteiger partial charge in [0.05, 0.1) is 25.5 Å². The number of ether oxygens (including phenoxy) is 3. The van der Waals surface area contributed by atoms with E-state index < -0.39 is 0 Å². The van der Waals surface area contributed by atoms with Crippen LogP contribution in [0.3, 0.4) is 0 Å². The van der Waals surface area contributed by atoms with E-state index in [4.69, 9.17) is 14.2 Å². The molecule has 0 unspecified atom stereocenters. The summed E-state index contributed by atoms with van der Waals surface area (Å²) in [5, 5.41) is 2.92. The summed E-state index contributed by atoms with van der Waals surface area (Å²) in [6.07, 6.45) is 1.99. The molecule has 0 atom stereocenters. The first-order chi connectivity index (χ1) is 12.3. The minimum Gasteiger partial charge on any atom is -0.495 e. The molecule has 1 fully saturated rings. The van der Waals surface area contributed by atoms with Crippen molar-refractivity contribution in [2.75, 3.05) is 25.6 Å². The van der Waals surface area contributed by atoms with Gasteiger partial charge in [-0.2, -0.15) is 0 Å². The number of nitrogens with one attached hydrogen (secondary N) is 1. The maximum absolute atomic E-state index is 12.7. The molecule has 1 heterocycles. The Hall–Kier alpha value is -2.37. The van der Waals surface area contributed by atoms with Crippen LogP contribution in [0.2, 0.25) is 0 Å². The molecule has 5 nitrogen and oxygen atoms in total. The van der Waals surface area contributed by atoms with Crippen LogP contribution < -0.4 is 10.1 Å². The number of benzene rings is 2. The van der Waals surface area contributed by atoms with E-state index >= 15 is 0 Å². The van der Waals surface area contributed by atoms with Gasteiger partial charge in [-0.1, -0.05) is 30.3 Å². The summed E-state index contributed by atoms with van der Waals surface area (Å²) in [7, 11) is 1.58. The molecule has 1 N–H and O–H groups in total. The second kappa shape index (κ2) is 8.65. The molecule has 2 aromatic rings. The van der Waals surface area contributed by atoms with Crippen molar-refractivity contribution >= 4 is 11.6 Å². The van der Waals surface area contributed by atoms with E-state index in [0.29, 0.717) is 23.6 Å². The normalized spacial score (nSPS) is 14.9. The van der Waals surface area contributed by atoms with Crippen molar-refractivity contribution in [1.82, 2.24) is 0 Å². The average molecular weight is 341 g/mol. The maximum Gasteiger partial charge on any atom is 0.256 e. The van der Waals surface area contributed by atoms with E-state index in [1.54, 1.807) is 7.11 Å². The van der Waals surface area contributed by atoms with Crippen LogP contribution in [-0.4, -0.2) is 32.3 Å². The highest BCUT2D eigenvalue weighted by Crippen LogP contribution is 2.24. The zero-order chi connectivity index (χ0) is 17.5. The molecule has 2 aromatic carbocycles. The predicted molar refractivity (Wildman–Crippen MR) is 96.0 cm³/mol. The summed E-state index contributed by atoms with van der Waals surface area (Å²) in [5.41, 5.74) is 2.14. The van der Waals surface area contributed by atoms with Crippen molar-refractivity contribution in [3.05, 3.63) is 59.7 Å². The number of carbonyl (C=O) groups excluding carboxylic acids is 1. The highest BCUT2D eigenvalue weighted by Gasteiger charge is 2.17. The quantitative estimate of drug-likeness (QED) is 0.871. The van der Waals surface area contributed by atoms with Crippen molar-refractivity contribution in [2.45, 2.75) is 25.6 Å². The highest BCUT2D eigenvalue weighted by molar-refractivity contribution is 6.06. The molecule has 0 spiro atoms. The van der Waals surface area contributed by atoms with Gasteiger partial charge >= 0.3 is 0 Å². The number of rotatable bonds is 6. The lowest BCUT2D eigenvalue weighted by atomic mass is 10.1. The molecule has 0 bridgehead atoms. The van der Waals surface area contributed by atoms with Gasteiger partial charge in [0.1, 0.15) is 5.75 Å². The molecule has 1 amide bonds. The van der Waals surface area contributed by atoms with Crippen LogP contribution in [0.1, 0.15) is 28.8 Å². The summed E-state index contributed by atoms with van der Waals surface area (Å²) in [4.78, 5) is 12.7. The van der Waals surface area contributed by atoms with Crippen molar-refractivity contribution in [2.24, 2.45) is 0 Å². The molecule has 1 saturated heterocycles. The molecule has 1 aliphatic rings. The van der Waals surface area contributed by atoms with E-state index in [2.05, 4.69) is 5.32 Å². The third-order valence-corrected chi connectivity index (χ3v) is 4.26. The Bertz CT molecular complexity index is 710. The second-order valence-corrected chi connectivity index (χ2v) is 5.93. The monoisotopic (exact) mass is 341 g/mol. The van der Waals surface area contributed by atoms with Gasteiger partial charge in [-0.25, -0.2) is 0 Å². The first-order valence-corrected chi connectivity index (χ1v) is 8.49. The van der Waals surface area contributed by atoms with Crippen molar-refractivity contribution in [1.29, 1.82) is 0 Å². The summed E-state index contributed by atoms with van der Waals surface area (Å²) < 4.78 is 16.6. The van der Waals surface area contributed by atoms with Crippen molar-refractivity contribution in [3.8, 4) is 5.75 Å². The number of carbonyl (C=O) groups is 1. The maximum atomic E-state index is 12.7. The minimum atomic E-state index is -0.171. The molecule has 5 heteroatoms. The molecule has 0 radical (unpaired) electrons. The van der Waals surface area contributed by atoms with E-state index in [9.17, 15) is 4.79 Å². The van der Waals surface area contributed by atoms with E-state index in [1.165, 1.54) is 0 Å². The lowest BCUT2D eigenvalue weighted by molar-refractivity contribution is -0.0391. The van der Waals surface area contributed by atoms with Gasteiger partial charge in [0.25, 0.3) is 5.91 Å². The zero-order valence-corrected chi connectivity index (χ0v) is 14.4. The fraction of sp³-hybridized carbons (Fsp3) is 0.350. The lowest BCUT2D eigenvalue weighted by Gasteiger charge is -2.23. The summed E-state index contributed by atoms with van der Waals surface area (Å²) in [6, 6.07) is 14.9. The Kier molecular flexibility index (Phi) is 6.04. The average Bonchev–Trinajstić information content (AvgIpc) is 2.68. The number of methoxy groups -OCH3 is 1. The molecule has 25 heavy (non-hydrogen) atoms. The van der Waals surface area contributed by atoms with Crippen LogP contribution in [0.25, 0.3) is 0 Å². The van der Waals surface area contributed by atoms with Crippen molar-refractivity contribution < 1.29 is 19.0 Å². The predicted octanol–water partition coefficient (Wildman–Crippen LogP) is 3.64. The van der Waals surface area contributed by atoms with Gasteiger partial charge in [0.15, 0.2) is 0 Å². The fourth-order valence-electron chi connectivity index (χ4n) is 2.86. The third-order valence-electron chi connectivity index (χ3n) is 4.26. The summed E-state index contributed by atoms with van der Waals surface area (Å²) >= 11 is 0. The Morgan fingerprint density at radius 1 is 1.12 bits per heavy atom. The van der Waals surface area contributed by atoms with E-state index in [1.807, 2.05) is 48.5 Å². The fourth-order valence-corrected chi connectivity index (χ4v) is 2.86. The number of para-hydroxylation sites is 2. The first kappa shape index (κ1) is 17.5. The van der Waals surface area contributed by atoms with Gasteiger partial charge in [0.2, 0.25) is 0 Å². The Labute approximate surface area is 147 Å². The van der Waals surface area contributed by atoms with Crippen LogP contribution in [0, 0.1) is 0 Å². The van der Waals surface area contributed by atoms with Crippen LogP contribution >= 0.6 is 0 Å². The minimum absolute atomic E-state index is 0.171. The van der Waals surface area contributed by atoms with Gasteiger partial charge in [-0.3, -0.25) is 4.79 Å². The molecule has 0 saturated carbocycles. The lowest BCUT2D eigenvalue weighted by Crippen LogP contribution is -2.24. The second-order valence-electron chi connectivity index (χ2n) is 5.93. The number of hydrogen-bond acceptors (Lipinski definition) is 4. The molecular formula is C20H23NO4. The number of anilines is 1. The van der Waals surface area contributed by atoms with Gasteiger partial charge in [-0.05, 0) is 36.6 Å². The summed E-state index contributed by atoms with van der Waals surface area (Å²) in [5.74, 6) is 0.461. The Morgan fingerprint density at radius 3 is 2.64 bits per heavy atom. The molecule has 0 aromatic heterocycles. The zero-order valence-electron chi connectivity index (χ0n) is 14.4. The number of hydrogen-bond donors (Lipinski definition) is 1. The van der Waals surface area contributed by atoms with E-state index in [0.717, 1.165) is 31.6 Å². The van der Waals surface area contributed by atoms with Crippen LogP contribution in [0.5, 0.6) is 5.75 Å². The van der Waals surface area contributed by atoms with Crippen LogP contribution in [0.15, 0.2) is 48.5 Å². The topological polar surface area (TPSA) is 56.8 Å². The molecule has 0 aliphatic carbocycles. The van der Waals surface area contributed by atoms with Crippen LogP contribution in [0.4, 0.5) is 5.69 Å². The van der Waals surface area contributed by atoms with Gasteiger partial charge in [-0.15, -0.1) is 0 Å². The summed E-state index contributed by atoms with van der Waals surface area (Å²) in [6.45, 7) is 1.89. The first-order valence-electron chi connectivity index (χ1n) is 8.49. The van der Waals surface area contributed by atoms with Crippen LogP contribution in [-0.2, 0) is 16.1 Å². The SMILES string of the molecule is COc1ccccc1NC(=O)c1ccccc1COC1CCOCC1. The molecule has 1 aliphatic heterocycles. The smallest absolute Gasteiger partial charge is 0.256 e. The standard InChI is InChI=1S/C20H23NO4/c1-23-19-9-5-4-8-18(19)21-20(22)17-7-3-2-6-15(17)14-25-16-10-12-24-13-11-16/h2-9,16H,10-14H2,1H3,(H,21,22). The molecule has 3 rings (SSSR count). The highest BCUT2D eigenvalue weighted by atomic mass is 16.5. The Balaban J connectivity index is 1.69. The molecule has 132 valence electrons. The number of amides is 1. The van der Waals surface area contributed by atoms with E-state index in [-0.39, 0.29) is 12.0 Å². The van der Waals surface area contributed by atoms with Gasteiger partial charge in [0, 0.05) is 18.8 Å². The third kappa shape index (κ3) is 4.59. The Morgan fingerprint density at radius 2 is 1.84 bits per heavy atom.